The van der Waals surface area contributed by atoms with E-state index in [4.69, 9.17) is 0 Å². The van der Waals surface area contributed by atoms with E-state index in [-0.39, 0.29) is 11.5 Å². The van der Waals surface area contributed by atoms with Crippen LogP contribution in [0.2, 0.25) is 0 Å². The summed E-state index contributed by atoms with van der Waals surface area (Å²) in [5, 5.41) is 10.5. The van der Waals surface area contributed by atoms with Gasteiger partial charge in [0.1, 0.15) is 0 Å². The van der Waals surface area contributed by atoms with Crippen molar-refractivity contribution >= 4 is 11.8 Å². The Morgan fingerprint density at radius 2 is 1.64 bits per heavy atom. The third kappa shape index (κ3) is 1.78. The van der Waals surface area contributed by atoms with E-state index in [2.05, 4.69) is 25.6 Å². The molecule has 0 bridgehead atoms. The van der Waals surface area contributed by atoms with Gasteiger partial charge in [0.05, 0.1) is 6.10 Å². The third-order valence-corrected chi connectivity index (χ3v) is 10.8. The minimum Gasteiger partial charge on any atom is -0.393 e. The molecular weight excluding hydrogens is 288 g/mol. The lowest BCUT2D eigenvalue weighted by atomic mass is 9.44. The second-order valence-electron chi connectivity index (χ2n) is 9.97. The topological polar surface area (TPSA) is 20.2 Å². The highest BCUT2D eigenvalue weighted by molar-refractivity contribution is 8.07. The summed E-state index contributed by atoms with van der Waals surface area (Å²) in [6.07, 6.45) is 12.6. The van der Waals surface area contributed by atoms with E-state index >= 15 is 0 Å². The summed E-state index contributed by atoms with van der Waals surface area (Å²) in [5.74, 6) is 5.19. The number of hydrogen-bond donors (Lipinski definition) is 1. The fraction of sp³-hybridized carbons (Fsp3) is 1.00. The molecule has 1 spiro atoms. The summed E-state index contributed by atoms with van der Waals surface area (Å²) in [6, 6.07) is 0. The predicted octanol–water partition coefficient (Wildman–Crippen LogP) is 4.88. The van der Waals surface area contributed by atoms with Gasteiger partial charge in [0.25, 0.3) is 0 Å². The molecule has 5 rings (SSSR count). The van der Waals surface area contributed by atoms with Crippen molar-refractivity contribution in [2.45, 2.75) is 82.5 Å². The summed E-state index contributed by atoms with van der Waals surface area (Å²) in [5.41, 5.74) is 0.888. The van der Waals surface area contributed by atoms with Crippen LogP contribution in [0.3, 0.4) is 0 Å². The molecule has 0 amide bonds. The highest BCUT2D eigenvalue weighted by Gasteiger charge is 2.62. The Balaban J connectivity index is 1.44. The lowest BCUT2D eigenvalue weighted by Gasteiger charge is -2.61. The number of aliphatic hydroxyl groups is 1. The average Bonchev–Trinajstić information content (AvgIpc) is 3.19. The van der Waals surface area contributed by atoms with Crippen molar-refractivity contribution in [2.75, 3.05) is 5.75 Å². The van der Waals surface area contributed by atoms with Gasteiger partial charge in [-0.25, -0.2) is 0 Å². The van der Waals surface area contributed by atoms with Crippen molar-refractivity contribution in [3.8, 4) is 0 Å². The van der Waals surface area contributed by atoms with E-state index in [1.54, 1.807) is 0 Å². The Morgan fingerprint density at radius 3 is 2.41 bits per heavy atom. The maximum Gasteiger partial charge on any atom is 0.0596 e. The quantitative estimate of drug-likeness (QED) is 0.642. The lowest BCUT2D eigenvalue weighted by molar-refractivity contribution is -0.122. The molecule has 1 heterocycles. The smallest absolute Gasteiger partial charge is 0.0596 e. The SMILES string of the molecule is C[C@]12CC[C@H]3[C@@H](CC[C@H]4C[C@]5(CC[C@@]43C)CS5)[C@H]1CC[C@@H]2O. The molecule has 4 saturated carbocycles. The third-order valence-electron chi connectivity index (χ3n) is 9.31. The molecule has 4 aliphatic carbocycles. The maximum atomic E-state index is 10.5. The molecule has 5 fully saturated rings. The molecule has 0 aromatic rings. The molecule has 2 heteroatoms. The van der Waals surface area contributed by atoms with Gasteiger partial charge in [-0.15, -0.1) is 0 Å². The van der Waals surface area contributed by atoms with E-state index < -0.39 is 0 Å². The maximum absolute atomic E-state index is 10.5. The zero-order valence-corrected chi connectivity index (χ0v) is 15.1. The van der Waals surface area contributed by atoms with Crippen LogP contribution in [-0.2, 0) is 0 Å². The van der Waals surface area contributed by atoms with Crippen LogP contribution in [0.4, 0.5) is 0 Å². The fourth-order valence-electron chi connectivity index (χ4n) is 7.64. The lowest BCUT2D eigenvalue weighted by Crippen LogP contribution is -2.54. The van der Waals surface area contributed by atoms with E-state index in [1.165, 1.54) is 57.1 Å². The van der Waals surface area contributed by atoms with Crippen molar-refractivity contribution < 1.29 is 5.11 Å². The predicted molar refractivity (Wildman–Crippen MR) is 92.9 cm³/mol. The minimum absolute atomic E-state index is 0.0125. The minimum atomic E-state index is -0.0125. The molecule has 1 nitrogen and oxygen atoms in total. The number of thioether (sulfide) groups is 1. The normalized spacial score (nSPS) is 63.1. The monoisotopic (exact) mass is 320 g/mol. The number of rotatable bonds is 0. The van der Waals surface area contributed by atoms with Crippen molar-refractivity contribution in [3.63, 3.8) is 0 Å². The zero-order chi connectivity index (χ0) is 15.2. The van der Waals surface area contributed by atoms with Gasteiger partial charge >= 0.3 is 0 Å². The summed E-state index contributed by atoms with van der Waals surface area (Å²) in [4.78, 5) is 0. The van der Waals surface area contributed by atoms with Gasteiger partial charge in [0.2, 0.25) is 0 Å². The first-order chi connectivity index (χ1) is 10.5. The van der Waals surface area contributed by atoms with Gasteiger partial charge in [-0.1, -0.05) is 13.8 Å². The van der Waals surface area contributed by atoms with Crippen molar-refractivity contribution in [3.05, 3.63) is 0 Å². The number of hydrogen-bond acceptors (Lipinski definition) is 2. The van der Waals surface area contributed by atoms with Crippen LogP contribution in [0.5, 0.6) is 0 Å². The number of aliphatic hydroxyl groups excluding tert-OH is 1. The van der Waals surface area contributed by atoms with Crippen LogP contribution in [-0.4, -0.2) is 21.7 Å². The first kappa shape index (κ1) is 14.6. The first-order valence-corrected chi connectivity index (χ1v) is 10.8. The molecule has 1 N–H and O–H groups in total. The molecule has 8 atom stereocenters. The Kier molecular flexibility index (Phi) is 2.98. The van der Waals surface area contributed by atoms with Crippen molar-refractivity contribution in [1.29, 1.82) is 0 Å². The fourth-order valence-corrected chi connectivity index (χ4v) is 8.68. The first-order valence-electron chi connectivity index (χ1n) is 9.79. The Hall–Kier alpha value is 0.310. The van der Waals surface area contributed by atoms with E-state index in [1.807, 2.05) is 0 Å². The van der Waals surface area contributed by atoms with E-state index in [0.29, 0.717) is 5.41 Å². The highest BCUT2D eigenvalue weighted by Crippen LogP contribution is 2.69. The van der Waals surface area contributed by atoms with Gasteiger partial charge in [-0.3, -0.25) is 0 Å². The molecular formula is C20H32OS. The van der Waals surface area contributed by atoms with Crippen LogP contribution in [0.1, 0.15) is 71.6 Å². The van der Waals surface area contributed by atoms with Crippen molar-refractivity contribution in [2.24, 2.45) is 34.5 Å². The molecule has 0 unspecified atom stereocenters. The van der Waals surface area contributed by atoms with E-state index in [0.717, 1.165) is 34.8 Å². The zero-order valence-electron chi connectivity index (χ0n) is 14.3. The van der Waals surface area contributed by atoms with Crippen molar-refractivity contribution in [1.82, 2.24) is 0 Å². The molecule has 1 aliphatic heterocycles. The van der Waals surface area contributed by atoms with Gasteiger partial charge in [-0.05, 0) is 92.3 Å². The Labute approximate surface area is 140 Å². The van der Waals surface area contributed by atoms with Gasteiger partial charge in [0, 0.05) is 10.5 Å². The van der Waals surface area contributed by atoms with Gasteiger partial charge < -0.3 is 5.11 Å². The largest absolute Gasteiger partial charge is 0.393 e. The molecule has 1 saturated heterocycles. The molecule has 22 heavy (non-hydrogen) atoms. The Morgan fingerprint density at radius 1 is 0.864 bits per heavy atom. The van der Waals surface area contributed by atoms with Crippen LogP contribution >= 0.6 is 11.8 Å². The molecule has 124 valence electrons. The molecule has 0 radical (unpaired) electrons. The summed E-state index contributed by atoms with van der Waals surface area (Å²) in [7, 11) is 0. The van der Waals surface area contributed by atoms with Gasteiger partial charge in [0.15, 0.2) is 0 Å². The highest BCUT2D eigenvalue weighted by atomic mass is 32.2. The second-order valence-corrected chi connectivity index (χ2v) is 11.4. The van der Waals surface area contributed by atoms with Gasteiger partial charge in [-0.2, -0.15) is 11.8 Å². The summed E-state index contributed by atoms with van der Waals surface area (Å²) < 4.78 is 0.740. The average molecular weight is 321 g/mol. The summed E-state index contributed by atoms with van der Waals surface area (Å²) in [6.45, 7) is 5.08. The summed E-state index contributed by atoms with van der Waals surface area (Å²) >= 11 is 2.26. The molecule has 5 aliphatic rings. The molecule has 0 aromatic carbocycles. The Bertz CT molecular complexity index is 486. The molecule has 0 aromatic heterocycles. The standard InChI is InChI=1S/C20H32OS/c1-18-9-10-20(12-22-20)11-13(18)3-4-14-15-5-6-17(21)19(15,2)8-7-16(14)18/h13-17,21H,3-12H2,1-2H3/t13-,14-,15+,16-,17-,18-,19-,20+/m0/s1. The number of fused-ring (bicyclic) bond motifs is 5. The van der Waals surface area contributed by atoms with Crippen LogP contribution in [0.15, 0.2) is 0 Å². The van der Waals surface area contributed by atoms with E-state index in [9.17, 15) is 5.11 Å². The van der Waals surface area contributed by atoms with Crippen LogP contribution in [0.25, 0.3) is 0 Å². The second kappa shape index (κ2) is 4.48. The van der Waals surface area contributed by atoms with Crippen LogP contribution in [0, 0.1) is 34.5 Å². The van der Waals surface area contributed by atoms with Crippen LogP contribution < -0.4 is 0 Å².